The molecule has 7 nitrogen and oxygen atoms in total. The molecule has 6 rings (SSSR count). The zero-order valence-electron chi connectivity index (χ0n) is 19.6. The SMILES string of the molecule is O=C(Nc1ccccc1N1CCc2sccc2C1)c1cccc(N2NC(=O)C3CC=CCC3C2=O)c1. The number of fused-ring (bicyclic) bond motifs is 2. The van der Waals surface area contributed by atoms with Crippen LogP contribution in [0.4, 0.5) is 17.1 Å². The molecule has 3 amide bonds. The summed E-state index contributed by atoms with van der Waals surface area (Å²) in [5, 5.41) is 6.49. The third-order valence-corrected chi connectivity index (χ3v) is 8.22. The Morgan fingerprint density at radius 3 is 2.72 bits per heavy atom. The van der Waals surface area contributed by atoms with E-state index in [0.717, 1.165) is 30.9 Å². The summed E-state index contributed by atoms with van der Waals surface area (Å²) >= 11 is 1.80. The van der Waals surface area contributed by atoms with Gasteiger partial charge in [0.15, 0.2) is 0 Å². The van der Waals surface area contributed by atoms with E-state index in [4.69, 9.17) is 0 Å². The van der Waals surface area contributed by atoms with Crippen LogP contribution in [0, 0.1) is 11.8 Å². The van der Waals surface area contributed by atoms with Crippen LogP contribution in [0.25, 0.3) is 0 Å². The molecule has 2 aliphatic heterocycles. The molecular formula is C28H26N4O3S. The molecule has 1 aliphatic carbocycles. The second-order valence-corrected chi connectivity index (χ2v) is 10.4. The molecule has 2 aromatic carbocycles. The smallest absolute Gasteiger partial charge is 0.255 e. The Hall–Kier alpha value is -3.91. The highest BCUT2D eigenvalue weighted by atomic mass is 32.1. The number of anilines is 3. The Bertz CT molecular complexity index is 1380. The molecule has 3 aliphatic rings. The molecule has 0 saturated carbocycles. The number of nitrogens with one attached hydrogen (secondary N) is 2. The Labute approximate surface area is 213 Å². The van der Waals surface area contributed by atoms with Gasteiger partial charge in [-0.2, -0.15) is 0 Å². The molecule has 1 fully saturated rings. The van der Waals surface area contributed by atoms with Gasteiger partial charge in [0.05, 0.1) is 28.9 Å². The average Bonchev–Trinajstić information content (AvgIpc) is 3.39. The third-order valence-electron chi connectivity index (χ3n) is 7.20. The number of hydrogen-bond donors (Lipinski definition) is 2. The number of thiophene rings is 1. The molecule has 2 unspecified atom stereocenters. The van der Waals surface area contributed by atoms with Crippen LogP contribution in [0.3, 0.4) is 0 Å². The van der Waals surface area contributed by atoms with E-state index in [0.29, 0.717) is 24.1 Å². The summed E-state index contributed by atoms with van der Waals surface area (Å²) in [7, 11) is 0. The first-order valence-electron chi connectivity index (χ1n) is 12.2. The molecule has 36 heavy (non-hydrogen) atoms. The summed E-state index contributed by atoms with van der Waals surface area (Å²) in [5.41, 5.74) is 6.67. The molecule has 0 radical (unpaired) electrons. The molecule has 2 N–H and O–H groups in total. The number of hydrogen-bond acceptors (Lipinski definition) is 5. The first-order valence-corrected chi connectivity index (χ1v) is 13.1. The van der Waals surface area contributed by atoms with Gasteiger partial charge in [0, 0.05) is 23.5 Å². The summed E-state index contributed by atoms with van der Waals surface area (Å²) in [6, 6.07) is 16.8. The number of nitrogens with zero attached hydrogens (tertiary/aromatic N) is 2. The van der Waals surface area contributed by atoms with Gasteiger partial charge in [-0.1, -0.05) is 30.4 Å². The molecule has 0 spiro atoms. The minimum atomic E-state index is -0.374. The van der Waals surface area contributed by atoms with Gasteiger partial charge in [-0.05, 0) is 66.6 Å². The van der Waals surface area contributed by atoms with E-state index >= 15 is 0 Å². The number of allylic oxidation sites excluding steroid dienone is 2. The Balaban J connectivity index is 1.22. The topological polar surface area (TPSA) is 81.8 Å². The molecule has 3 aromatic rings. The zero-order chi connectivity index (χ0) is 24.6. The lowest BCUT2D eigenvalue weighted by atomic mass is 9.80. The van der Waals surface area contributed by atoms with Gasteiger partial charge < -0.3 is 10.2 Å². The van der Waals surface area contributed by atoms with E-state index in [9.17, 15) is 14.4 Å². The van der Waals surface area contributed by atoms with Crippen LogP contribution in [-0.2, 0) is 22.6 Å². The average molecular weight is 499 g/mol. The minimum absolute atomic E-state index is 0.148. The fraction of sp³-hybridized carbons (Fsp3) is 0.250. The second kappa shape index (κ2) is 9.28. The van der Waals surface area contributed by atoms with Crippen LogP contribution in [0.2, 0.25) is 0 Å². The van der Waals surface area contributed by atoms with Crippen molar-refractivity contribution >= 4 is 46.1 Å². The summed E-state index contributed by atoms with van der Waals surface area (Å²) in [4.78, 5) is 42.8. The van der Waals surface area contributed by atoms with E-state index in [-0.39, 0.29) is 29.6 Å². The largest absolute Gasteiger partial charge is 0.365 e. The number of carbonyl (C=O) groups excluding carboxylic acids is 3. The Morgan fingerprint density at radius 1 is 1.00 bits per heavy atom. The maximum Gasteiger partial charge on any atom is 0.255 e. The lowest BCUT2D eigenvalue weighted by Crippen LogP contribution is -2.59. The summed E-state index contributed by atoms with van der Waals surface area (Å²) in [6.45, 7) is 1.71. The van der Waals surface area contributed by atoms with Gasteiger partial charge in [0.2, 0.25) is 11.8 Å². The van der Waals surface area contributed by atoms with Crippen LogP contribution in [0.1, 0.15) is 33.6 Å². The van der Waals surface area contributed by atoms with Crippen LogP contribution < -0.4 is 20.7 Å². The fourth-order valence-corrected chi connectivity index (χ4v) is 6.16. The van der Waals surface area contributed by atoms with Crippen LogP contribution in [0.15, 0.2) is 72.1 Å². The van der Waals surface area contributed by atoms with Crippen molar-refractivity contribution in [3.05, 3.63) is 88.1 Å². The van der Waals surface area contributed by atoms with Crippen LogP contribution in [0.5, 0.6) is 0 Å². The monoisotopic (exact) mass is 498 g/mol. The van der Waals surface area contributed by atoms with E-state index in [1.54, 1.807) is 35.6 Å². The summed E-state index contributed by atoms with van der Waals surface area (Å²) < 4.78 is 0. The number of para-hydroxylation sites is 2. The van der Waals surface area contributed by atoms with Gasteiger partial charge in [0.25, 0.3) is 5.91 Å². The van der Waals surface area contributed by atoms with Crippen LogP contribution >= 0.6 is 11.3 Å². The van der Waals surface area contributed by atoms with Crippen molar-refractivity contribution in [3.63, 3.8) is 0 Å². The van der Waals surface area contributed by atoms with Crippen molar-refractivity contribution in [3.8, 4) is 0 Å². The van der Waals surface area contributed by atoms with Gasteiger partial charge in [0.1, 0.15) is 0 Å². The van der Waals surface area contributed by atoms with E-state index in [1.807, 2.05) is 36.4 Å². The Morgan fingerprint density at radius 2 is 1.83 bits per heavy atom. The van der Waals surface area contributed by atoms with E-state index in [1.165, 1.54) is 15.4 Å². The number of hydrazine groups is 1. The third kappa shape index (κ3) is 4.07. The first-order chi connectivity index (χ1) is 17.6. The molecule has 182 valence electrons. The summed E-state index contributed by atoms with van der Waals surface area (Å²) in [5.74, 6) is -1.29. The highest BCUT2D eigenvalue weighted by molar-refractivity contribution is 7.10. The van der Waals surface area contributed by atoms with Crippen molar-refractivity contribution in [1.82, 2.24) is 5.43 Å². The molecule has 2 atom stereocenters. The molecule has 3 heterocycles. The van der Waals surface area contributed by atoms with Crippen molar-refractivity contribution in [1.29, 1.82) is 0 Å². The van der Waals surface area contributed by atoms with Gasteiger partial charge in [-0.25, -0.2) is 5.01 Å². The number of amides is 3. The molecule has 0 bridgehead atoms. The van der Waals surface area contributed by atoms with E-state index in [2.05, 4.69) is 27.1 Å². The molecule has 1 saturated heterocycles. The lowest BCUT2D eigenvalue weighted by Gasteiger charge is -2.38. The number of carbonyl (C=O) groups is 3. The zero-order valence-corrected chi connectivity index (χ0v) is 20.5. The van der Waals surface area contributed by atoms with Crippen LogP contribution in [-0.4, -0.2) is 24.3 Å². The predicted molar refractivity (Wildman–Crippen MR) is 141 cm³/mol. The molecular weight excluding hydrogens is 472 g/mol. The van der Waals surface area contributed by atoms with Crippen molar-refractivity contribution < 1.29 is 14.4 Å². The first kappa shape index (κ1) is 22.5. The van der Waals surface area contributed by atoms with E-state index < -0.39 is 0 Å². The quantitative estimate of drug-likeness (QED) is 0.518. The highest BCUT2D eigenvalue weighted by Crippen LogP contribution is 2.34. The standard InChI is InChI=1S/C28H26N4O3S/c33-26(29-23-10-3-4-11-24(23)31-14-12-25-19(17-31)13-15-36-25)18-6-5-7-20(16-18)32-28(35)22-9-2-1-8-21(22)27(34)30-32/h1-7,10-11,13,15-16,21-22H,8-9,12,14,17H2,(H,29,33)(H,30,34). The fourth-order valence-electron chi connectivity index (χ4n) is 5.27. The second-order valence-electron chi connectivity index (χ2n) is 9.37. The van der Waals surface area contributed by atoms with Crippen molar-refractivity contribution in [2.24, 2.45) is 11.8 Å². The van der Waals surface area contributed by atoms with Gasteiger partial charge in [-0.15, -0.1) is 11.3 Å². The predicted octanol–water partition coefficient (Wildman–Crippen LogP) is 4.52. The van der Waals surface area contributed by atoms with Gasteiger partial charge in [-0.3, -0.25) is 19.8 Å². The highest BCUT2D eigenvalue weighted by Gasteiger charge is 2.42. The molecule has 1 aromatic heterocycles. The normalized spacial score (nSPS) is 21.0. The lowest BCUT2D eigenvalue weighted by molar-refractivity contribution is -0.139. The maximum absolute atomic E-state index is 13.3. The maximum atomic E-state index is 13.3. The number of rotatable bonds is 4. The number of benzene rings is 2. The van der Waals surface area contributed by atoms with Gasteiger partial charge >= 0.3 is 0 Å². The van der Waals surface area contributed by atoms with Crippen molar-refractivity contribution in [2.45, 2.75) is 25.8 Å². The summed E-state index contributed by atoms with van der Waals surface area (Å²) in [6.07, 6.45) is 6.02. The Kier molecular flexibility index (Phi) is 5.81. The van der Waals surface area contributed by atoms with Crippen molar-refractivity contribution in [2.75, 3.05) is 21.8 Å². The minimum Gasteiger partial charge on any atom is -0.365 e. The molecule has 8 heteroatoms.